The molecule has 0 radical (unpaired) electrons. The maximum Gasteiger partial charge on any atom is 0.191 e. The van der Waals surface area contributed by atoms with Gasteiger partial charge in [0.15, 0.2) is 11.6 Å². The summed E-state index contributed by atoms with van der Waals surface area (Å²) in [5.74, 6) is 2.16. The number of halogens is 1. The molecule has 1 aromatic carbocycles. The summed E-state index contributed by atoms with van der Waals surface area (Å²) < 4.78 is 2.01. The van der Waals surface area contributed by atoms with E-state index in [1.807, 2.05) is 34.9 Å². The molecule has 0 fully saturated rings. The smallest absolute Gasteiger partial charge is 0.191 e. The summed E-state index contributed by atoms with van der Waals surface area (Å²) in [5, 5.41) is 15.1. The SMILES string of the molecule is CN=C(NCCc1nnc2ccccn12)NCC(C)c1ccccc1.I. The first-order valence-electron chi connectivity index (χ1n) is 8.56. The van der Waals surface area contributed by atoms with Gasteiger partial charge in [-0.3, -0.25) is 9.39 Å². The van der Waals surface area contributed by atoms with Gasteiger partial charge in [0.25, 0.3) is 0 Å². The van der Waals surface area contributed by atoms with Crippen molar-refractivity contribution >= 4 is 35.6 Å². The van der Waals surface area contributed by atoms with Crippen LogP contribution in [0.4, 0.5) is 0 Å². The molecule has 3 rings (SSSR count). The van der Waals surface area contributed by atoms with Crippen LogP contribution in [-0.2, 0) is 6.42 Å². The largest absolute Gasteiger partial charge is 0.356 e. The molecule has 0 amide bonds. The van der Waals surface area contributed by atoms with Crippen molar-refractivity contribution < 1.29 is 0 Å². The molecule has 7 heteroatoms. The van der Waals surface area contributed by atoms with Crippen molar-refractivity contribution in [3.63, 3.8) is 0 Å². The molecule has 1 atom stereocenters. The molecule has 6 nitrogen and oxygen atoms in total. The van der Waals surface area contributed by atoms with Gasteiger partial charge in [-0.2, -0.15) is 0 Å². The number of guanidine groups is 1. The van der Waals surface area contributed by atoms with Crippen LogP contribution in [0.25, 0.3) is 5.65 Å². The van der Waals surface area contributed by atoms with E-state index in [1.54, 1.807) is 7.05 Å². The van der Waals surface area contributed by atoms with E-state index in [2.05, 4.69) is 57.0 Å². The van der Waals surface area contributed by atoms with E-state index >= 15 is 0 Å². The Hall–Kier alpha value is -2.16. The Morgan fingerprint density at radius 3 is 2.62 bits per heavy atom. The van der Waals surface area contributed by atoms with Crippen LogP contribution >= 0.6 is 24.0 Å². The van der Waals surface area contributed by atoms with Crippen molar-refractivity contribution in [2.24, 2.45) is 4.99 Å². The molecule has 138 valence electrons. The molecule has 1 unspecified atom stereocenters. The average molecular weight is 464 g/mol. The van der Waals surface area contributed by atoms with Gasteiger partial charge in [-0.05, 0) is 23.6 Å². The summed E-state index contributed by atoms with van der Waals surface area (Å²) >= 11 is 0. The first-order chi connectivity index (χ1) is 12.3. The number of aromatic nitrogens is 3. The van der Waals surface area contributed by atoms with Gasteiger partial charge in [0.2, 0.25) is 0 Å². The second-order valence-corrected chi connectivity index (χ2v) is 5.99. The van der Waals surface area contributed by atoms with Crippen LogP contribution in [0.1, 0.15) is 24.2 Å². The number of hydrogen-bond donors (Lipinski definition) is 2. The van der Waals surface area contributed by atoms with Crippen LogP contribution in [-0.4, -0.2) is 40.7 Å². The fourth-order valence-electron chi connectivity index (χ4n) is 2.72. The normalized spacial score (nSPS) is 12.5. The van der Waals surface area contributed by atoms with Gasteiger partial charge in [-0.1, -0.05) is 43.3 Å². The fraction of sp³-hybridized carbons (Fsp3) is 0.316. The zero-order valence-electron chi connectivity index (χ0n) is 15.1. The topological polar surface area (TPSA) is 66.6 Å². The monoisotopic (exact) mass is 464 g/mol. The number of aliphatic imine (C=N–C) groups is 1. The summed E-state index contributed by atoms with van der Waals surface area (Å²) in [6, 6.07) is 16.4. The van der Waals surface area contributed by atoms with Crippen molar-refractivity contribution in [3.8, 4) is 0 Å². The molecular weight excluding hydrogens is 439 g/mol. The van der Waals surface area contributed by atoms with E-state index in [0.717, 1.165) is 36.9 Å². The fourth-order valence-corrected chi connectivity index (χ4v) is 2.72. The van der Waals surface area contributed by atoms with Crippen LogP contribution in [0.2, 0.25) is 0 Å². The number of rotatable bonds is 6. The molecule has 0 saturated carbocycles. The van der Waals surface area contributed by atoms with E-state index in [4.69, 9.17) is 0 Å². The van der Waals surface area contributed by atoms with E-state index < -0.39 is 0 Å². The Kier molecular flexibility index (Phi) is 7.83. The minimum atomic E-state index is 0. The van der Waals surface area contributed by atoms with Gasteiger partial charge in [0.1, 0.15) is 5.82 Å². The number of fused-ring (bicyclic) bond motifs is 1. The average Bonchev–Trinajstić information content (AvgIpc) is 3.08. The van der Waals surface area contributed by atoms with Gasteiger partial charge in [-0.15, -0.1) is 34.2 Å². The lowest BCUT2D eigenvalue weighted by molar-refractivity contribution is 0.693. The second kappa shape index (κ2) is 10.1. The molecule has 0 bridgehead atoms. The second-order valence-electron chi connectivity index (χ2n) is 5.99. The molecule has 2 heterocycles. The highest BCUT2D eigenvalue weighted by molar-refractivity contribution is 14.0. The van der Waals surface area contributed by atoms with Crippen molar-refractivity contribution in [1.29, 1.82) is 0 Å². The van der Waals surface area contributed by atoms with E-state index in [0.29, 0.717) is 5.92 Å². The van der Waals surface area contributed by atoms with Gasteiger partial charge in [0, 0.05) is 32.8 Å². The predicted molar refractivity (Wildman–Crippen MR) is 116 cm³/mol. The third kappa shape index (κ3) is 5.17. The molecule has 0 aliphatic heterocycles. The van der Waals surface area contributed by atoms with Crippen molar-refractivity contribution in [2.75, 3.05) is 20.1 Å². The number of pyridine rings is 1. The van der Waals surface area contributed by atoms with Gasteiger partial charge >= 0.3 is 0 Å². The highest BCUT2D eigenvalue weighted by atomic mass is 127. The standard InChI is InChI=1S/C19H24N6.HI/c1-15(16-8-4-3-5-9-16)14-22-19(20-2)21-12-11-18-24-23-17-10-6-7-13-25(17)18;/h3-10,13,15H,11-12,14H2,1-2H3,(H2,20,21,22);1H. The third-order valence-electron chi connectivity index (χ3n) is 4.19. The third-order valence-corrected chi connectivity index (χ3v) is 4.19. The summed E-state index contributed by atoms with van der Waals surface area (Å²) in [7, 11) is 1.79. The summed E-state index contributed by atoms with van der Waals surface area (Å²) in [4.78, 5) is 4.29. The van der Waals surface area contributed by atoms with E-state index in [9.17, 15) is 0 Å². The number of hydrogen-bond acceptors (Lipinski definition) is 3. The maximum absolute atomic E-state index is 4.29. The number of nitrogens with one attached hydrogen (secondary N) is 2. The van der Waals surface area contributed by atoms with Gasteiger partial charge in [0.05, 0.1) is 0 Å². The van der Waals surface area contributed by atoms with Crippen molar-refractivity contribution in [1.82, 2.24) is 25.2 Å². The zero-order chi connectivity index (χ0) is 17.5. The van der Waals surface area contributed by atoms with Gasteiger partial charge < -0.3 is 10.6 Å². The number of nitrogens with zero attached hydrogens (tertiary/aromatic N) is 4. The van der Waals surface area contributed by atoms with Crippen LogP contribution in [0.3, 0.4) is 0 Å². The minimum absolute atomic E-state index is 0. The minimum Gasteiger partial charge on any atom is -0.356 e. The highest BCUT2D eigenvalue weighted by Crippen LogP contribution is 2.12. The number of benzene rings is 1. The quantitative estimate of drug-likeness (QED) is 0.335. The molecule has 2 aromatic heterocycles. The molecule has 2 N–H and O–H groups in total. The molecule has 0 aliphatic carbocycles. The van der Waals surface area contributed by atoms with Crippen LogP contribution in [0.5, 0.6) is 0 Å². The lowest BCUT2D eigenvalue weighted by atomic mass is 10.0. The van der Waals surface area contributed by atoms with E-state index in [1.165, 1.54) is 5.56 Å². The predicted octanol–water partition coefficient (Wildman–Crippen LogP) is 2.86. The molecule has 0 aliphatic rings. The molecule has 0 spiro atoms. The maximum atomic E-state index is 4.29. The zero-order valence-corrected chi connectivity index (χ0v) is 17.4. The summed E-state index contributed by atoms with van der Waals surface area (Å²) in [6.45, 7) is 3.78. The van der Waals surface area contributed by atoms with E-state index in [-0.39, 0.29) is 24.0 Å². The van der Waals surface area contributed by atoms with Crippen LogP contribution < -0.4 is 10.6 Å². The Morgan fingerprint density at radius 1 is 1.08 bits per heavy atom. The van der Waals surface area contributed by atoms with Crippen molar-refractivity contribution in [3.05, 3.63) is 66.1 Å². The van der Waals surface area contributed by atoms with Crippen molar-refractivity contribution in [2.45, 2.75) is 19.3 Å². The van der Waals surface area contributed by atoms with Crippen LogP contribution in [0.15, 0.2) is 59.7 Å². The molecule has 3 aromatic rings. The first kappa shape index (κ1) is 20.2. The Morgan fingerprint density at radius 2 is 1.85 bits per heavy atom. The Balaban J connectivity index is 0.00000243. The first-order valence-corrected chi connectivity index (χ1v) is 8.56. The summed E-state index contributed by atoms with van der Waals surface area (Å²) in [6.07, 6.45) is 2.76. The molecule has 0 saturated heterocycles. The molecule has 26 heavy (non-hydrogen) atoms. The van der Waals surface area contributed by atoms with Crippen LogP contribution in [0, 0.1) is 0 Å². The Labute approximate surface area is 171 Å². The molecular formula is C19H25IN6. The summed E-state index contributed by atoms with van der Waals surface area (Å²) in [5.41, 5.74) is 2.19. The lowest BCUT2D eigenvalue weighted by Crippen LogP contribution is -2.40. The lowest BCUT2D eigenvalue weighted by Gasteiger charge is -2.16. The highest BCUT2D eigenvalue weighted by Gasteiger charge is 2.07. The van der Waals surface area contributed by atoms with Gasteiger partial charge in [-0.25, -0.2) is 0 Å². The Bertz CT molecular complexity index is 830.